The monoisotopic (exact) mass is 577 g/mol. The van der Waals surface area contributed by atoms with E-state index in [0.29, 0.717) is 20.6 Å². The summed E-state index contributed by atoms with van der Waals surface area (Å²) in [5, 5.41) is 4.35. The molecule has 34 heavy (non-hydrogen) atoms. The Hall–Kier alpha value is -3.66. The summed E-state index contributed by atoms with van der Waals surface area (Å²) in [6.45, 7) is 8.62. The van der Waals surface area contributed by atoms with Crippen LogP contribution in [0.3, 0.4) is 0 Å². The van der Waals surface area contributed by atoms with E-state index in [9.17, 15) is 22.8 Å². The number of alkyl halides is 3. The van der Waals surface area contributed by atoms with Gasteiger partial charge in [-0.15, -0.1) is 0 Å². The molecule has 0 atom stereocenters. The number of nitrogens with zero attached hydrogens (tertiary/aromatic N) is 5. The van der Waals surface area contributed by atoms with E-state index in [1.807, 2.05) is 22.6 Å². The van der Waals surface area contributed by atoms with E-state index in [1.165, 1.54) is 37.0 Å². The quantitative estimate of drug-likeness (QED) is 0.258. The van der Waals surface area contributed by atoms with Gasteiger partial charge in [-0.1, -0.05) is 18.2 Å². The molecule has 0 aliphatic rings. The molecule has 172 valence electrons. The molecule has 0 spiro atoms. The summed E-state index contributed by atoms with van der Waals surface area (Å²) in [7, 11) is 1.27. The van der Waals surface area contributed by atoms with E-state index in [0.717, 1.165) is 21.3 Å². The number of benzene rings is 2. The van der Waals surface area contributed by atoms with Crippen molar-refractivity contribution in [3.63, 3.8) is 0 Å². The van der Waals surface area contributed by atoms with Gasteiger partial charge in [0.2, 0.25) is 0 Å². The molecule has 0 radical (unpaired) electrons. The Bertz CT molecular complexity index is 1570. The second kappa shape index (κ2) is 8.60. The molecular formula is C23H15F3IN5O2. The highest BCUT2D eigenvalue weighted by Crippen LogP contribution is 2.32. The minimum atomic E-state index is -4.59. The molecule has 0 aliphatic heterocycles. The first-order valence-electron chi connectivity index (χ1n) is 9.76. The van der Waals surface area contributed by atoms with E-state index in [4.69, 9.17) is 6.57 Å². The lowest BCUT2D eigenvalue weighted by Gasteiger charge is -2.18. The number of hydrogen-bond acceptors (Lipinski definition) is 3. The second-order valence-electron chi connectivity index (χ2n) is 7.37. The van der Waals surface area contributed by atoms with Gasteiger partial charge in [-0.2, -0.15) is 18.3 Å². The molecule has 7 nitrogen and oxygen atoms in total. The van der Waals surface area contributed by atoms with E-state index in [2.05, 4.69) is 9.94 Å². The normalized spacial score (nSPS) is 11.4. The Labute approximate surface area is 204 Å². The van der Waals surface area contributed by atoms with Crippen LogP contribution in [0.25, 0.3) is 27.5 Å². The van der Waals surface area contributed by atoms with Crippen molar-refractivity contribution in [3.05, 3.63) is 102 Å². The first-order valence-corrected chi connectivity index (χ1v) is 10.8. The zero-order valence-electron chi connectivity index (χ0n) is 17.8. The van der Waals surface area contributed by atoms with Gasteiger partial charge in [0.05, 0.1) is 44.5 Å². The Kier molecular flexibility index (Phi) is 5.94. The largest absolute Gasteiger partial charge is 0.416 e. The van der Waals surface area contributed by atoms with Crippen LogP contribution < -0.4 is 11.2 Å². The average Bonchev–Trinajstić information content (AvgIpc) is 3.18. The van der Waals surface area contributed by atoms with Gasteiger partial charge in [0.1, 0.15) is 0 Å². The van der Waals surface area contributed by atoms with Crippen molar-refractivity contribution in [3.8, 4) is 22.6 Å². The third-order valence-corrected chi connectivity index (χ3v) is 6.10. The Morgan fingerprint density at radius 3 is 2.35 bits per heavy atom. The van der Waals surface area contributed by atoms with Crippen molar-refractivity contribution in [2.45, 2.75) is 13.1 Å². The first-order chi connectivity index (χ1) is 16.0. The third-order valence-electron chi connectivity index (χ3n) is 5.31. The summed E-state index contributed by atoms with van der Waals surface area (Å²) < 4.78 is 44.0. The van der Waals surface area contributed by atoms with Crippen LogP contribution in [0.5, 0.6) is 0 Å². The highest BCUT2D eigenvalue weighted by atomic mass is 127. The molecule has 4 aromatic rings. The Balaban J connectivity index is 2.02. The standard InChI is InChI=1S/C23H15F3IN5O2/c1-13-19(20-18(27)12-29-32(20)16-9-7-15(28-2)8-10-16)21(33)30(3)22(34)31(13)17-6-4-5-14(11-17)23(24,25)26/h4-12H,1,3H3. The molecule has 2 heterocycles. The van der Waals surface area contributed by atoms with Gasteiger partial charge >= 0.3 is 11.9 Å². The number of halogens is 4. The second-order valence-corrected chi connectivity index (χ2v) is 8.53. The zero-order chi connectivity index (χ0) is 24.8. The van der Waals surface area contributed by atoms with Crippen LogP contribution in [0.2, 0.25) is 0 Å². The summed E-state index contributed by atoms with van der Waals surface area (Å²) in [6.07, 6.45) is -3.06. The molecule has 2 aromatic carbocycles. The van der Waals surface area contributed by atoms with E-state index in [1.54, 1.807) is 24.3 Å². The fourth-order valence-corrected chi connectivity index (χ4v) is 4.25. The van der Waals surface area contributed by atoms with Crippen LogP contribution >= 0.6 is 22.6 Å². The highest BCUT2D eigenvalue weighted by molar-refractivity contribution is 14.1. The van der Waals surface area contributed by atoms with Crippen molar-refractivity contribution in [2.75, 3.05) is 0 Å². The van der Waals surface area contributed by atoms with Gasteiger partial charge in [0.25, 0.3) is 5.56 Å². The highest BCUT2D eigenvalue weighted by Gasteiger charge is 2.31. The fraction of sp³-hybridized carbons (Fsp3) is 0.130. The van der Waals surface area contributed by atoms with Gasteiger partial charge < -0.3 is 0 Å². The topological polar surface area (TPSA) is 66.2 Å². The molecule has 4 rings (SSSR count). The van der Waals surface area contributed by atoms with E-state index >= 15 is 0 Å². The summed E-state index contributed by atoms with van der Waals surface area (Å²) in [5.74, 6) is 0. The first kappa shape index (κ1) is 23.5. The fourth-order valence-electron chi connectivity index (χ4n) is 3.63. The SMILES string of the molecule is [C-]#[N+]c1ccc(-n2ncc(I)c2-c2c(C)n(-c3cccc(C(F)(F)F)c3)c(=O)n(C)c2=O)cc1. The van der Waals surface area contributed by atoms with Crippen LogP contribution in [-0.2, 0) is 13.2 Å². The number of rotatable bonds is 3. The molecule has 0 fully saturated rings. The smallest absolute Gasteiger partial charge is 0.268 e. The van der Waals surface area contributed by atoms with E-state index < -0.39 is 23.0 Å². The molecule has 0 unspecified atom stereocenters. The maximum Gasteiger partial charge on any atom is 0.416 e. The minimum absolute atomic E-state index is 0.0170. The van der Waals surface area contributed by atoms with Crippen LogP contribution in [0.1, 0.15) is 11.3 Å². The predicted molar refractivity (Wildman–Crippen MR) is 129 cm³/mol. The van der Waals surface area contributed by atoms with Crippen LogP contribution in [0, 0.1) is 17.1 Å². The van der Waals surface area contributed by atoms with Gasteiger partial charge in [-0.05, 0) is 59.8 Å². The molecule has 2 aromatic heterocycles. The minimum Gasteiger partial charge on any atom is -0.268 e. The summed E-state index contributed by atoms with van der Waals surface area (Å²) >= 11 is 2.01. The molecule has 0 saturated carbocycles. The number of hydrogen-bond donors (Lipinski definition) is 0. The lowest BCUT2D eigenvalue weighted by molar-refractivity contribution is -0.137. The third kappa shape index (κ3) is 3.94. The summed E-state index contributed by atoms with van der Waals surface area (Å²) in [6, 6.07) is 10.9. The van der Waals surface area contributed by atoms with Gasteiger partial charge in [0.15, 0.2) is 5.69 Å². The van der Waals surface area contributed by atoms with Crippen LogP contribution in [-0.4, -0.2) is 18.9 Å². The van der Waals surface area contributed by atoms with Crippen LogP contribution in [0.4, 0.5) is 18.9 Å². The lowest BCUT2D eigenvalue weighted by Crippen LogP contribution is -2.40. The molecule has 11 heteroatoms. The number of aromatic nitrogens is 4. The summed E-state index contributed by atoms with van der Waals surface area (Å²) in [4.78, 5) is 29.6. The van der Waals surface area contributed by atoms with Gasteiger partial charge in [-0.25, -0.2) is 14.3 Å². The van der Waals surface area contributed by atoms with Crippen molar-refractivity contribution < 1.29 is 13.2 Å². The molecular weight excluding hydrogens is 562 g/mol. The maximum absolute atomic E-state index is 13.3. The molecule has 0 N–H and O–H groups in total. The van der Waals surface area contributed by atoms with Crippen molar-refractivity contribution in [1.82, 2.24) is 18.9 Å². The predicted octanol–water partition coefficient (Wildman–Crippen LogP) is 4.87. The summed E-state index contributed by atoms with van der Waals surface area (Å²) in [5.41, 5.74) is -0.629. The average molecular weight is 577 g/mol. The Morgan fingerprint density at radius 1 is 1.06 bits per heavy atom. The van der Waals surface area contributed by atoms with Crippen LogP contribution in [0.15, 0.2) is 64.3 Å². The van der Waals surface area contributed by atoms with Gasteiger partial charge in [0, 0.05) is 12.7 Å². The molecule has 0 amide bonds. The molecule has 0 bridgehead atoms. The van der Waals surface area contributed by atoms with Crippen molar-refractivity contribution >= 4 is 28.3 Å². The molecule has 0 saturated heterocycles. The van der Waals surface area contributed by atoms with E-state index in [-0.39, 0.29) is 16.9 Å². The van der Waals surface area contributed by atoms with Gasteiger partial charge in [-0.3, -0.25) is 13.9 Å². The zero-order valence-corrected chi connectivity index (χ0v) is 19.9. The molecule has 0 aliphatic carbocycles. The van der Waals surface area contributed by atoms with Crippen molar-refractivity contribution in [2.24, 2.45) is 7.05 Å². The lowest BCUT2D eigenvalue weighted by atomic mass is 10.1. The van der Waals surface area contributed by atoms with Crippen molar-refractivity contribution in [1.29, 1.82) is 0 Å². The maximum atomic E-state index is 13.3. The Morgan fingerprint density at radius 2 is 1.74 bits per heavy atom.